The third kappa shape index (κ3) is 16.2. The van der Waals surface area contributed by atoms with Crippen LogP contribution in [0.3, 0.4) is 0 Å². The predicted molar refractivity (Wildman–Crippen MR) is 249 cm³/mol. The second-order valence-corrected chi connectivity index (χ2v) is 14.2. The van der Waals surface area contributed by atoms with E-state index in [9.17, 15) is 0 Å². The molecule has 290 valence electrons. The summed E-state index contributed by atoms with van der Waals surface area (Å²) in [5.41, 5.74) is 19.8. The summed E-state index contributed by atoms with van der Waals surface area (Å²) in [4.78, 5) is 0.627. The van der Waals surface area contributed by atoms with Gasteiger partial charge >= 0.3 is 0 Å². The number of hydrogen-bond donors (Lipinski definition) is 2. The summed E-state index contributed by atoms with van der Waals surface area (Å²) in [5, 5.41) is 6.75. The Bertz CT molecular complexity index is 1810. The van der Waals surface area contributed by atoms with E-state index in [1.54, 1.807) is 0 Å². The first-order valence-corrected chi connectivity index (χ1v) is 19.6. The van der Waals surface area contributed by atoms with Crippen LogP contribution < -0.4 is 10.6 Å². The van der Waals surface area contributed by atoms with Gasteiger partial charge in [-0.15, -0.1) is 12.3 Å². The maximum atomic E-state index is 5.67. The van der Waals surface area contributed by atoms with Crippen LogP contribution in [0.5, 0.6) is 0 Å². The van der Waals surface area contributed by atoms with Crippen LogP contribution in [-0.4, -0.2) is 4.99 Å². The molecule has 0 atom stereocenters. The molecule has 0 bridgehead atoms. The first-order chi connectivity index (χ1) is 25.4. The fraction of sp³-hybridized carbons (Fsp3) is 0.353. The molecule has 0 fully saturated rings. The van der Waals surface area contributed by atoms with Gasteiger partial charge in [0.15, 0.2) is 0 Å². The molecule has 0 saturated heterocycles. The lowest BCUT2D eigenvalue weighted by atomic mass is 9.82. The summed E-state index contributed by atoms with van der Waals surface area (Å²) in [6.07, 6.45) is 11.3. The minimum Gasteiger partial charge on any atom is -0.381 e. The zero-order chi connectivity index (χ0) is 41.7. The van der Waals surface area contributed by atoms with Crippen LogP contribution in [0, 0.1) is 19.3 Å². The van der Waals surface area contributed by atoms with E-state index >= 15 is 0 Å². The molecular formula is C51H70N2S. The van der Waals surface area contributed by atoms with E-state index < -0.39 is 0 Å². The predicted octanol–water partition coefficient (Wildman–Crippen LogP) is 14.2. The van der Waals surface area contributed by atoms with Gasteiger partial charge in [0, 0.05) is 25.2 Å². The van der Waals surface area contributed by atoms with Gasteiger partial charge < -0.3 is 10.6 Å². The number of nitrogens with one attached hydrogen (secondary N) is 2. The monoisotopic (exact) mass is 743 g/mol. The molecule has 1 aliphatic rings. The van der Waals surface area contributed by atoms with Gasteiger partial charge in [0.25, 0.3) is 0 Å². The van der Waals surface area contributed by atoms with Crippen molar-refractivity contribution in [3.63, 3.8) is 0 Å². The molecule has 0 unspecified atom stereocenters. The number of terminal acetylenes is 1. The van der Waals surface area contributed by atoms with Crippen molar-refractivity contribution in [2.45, 2.75) is 122 Å². The molecule has 2 N–H and O–H groups in total. The zero-order valence-electron chi connectivity index (χ0n) is 36.0. The van der Waals surface area contributed by atoms with Crippen LogP contribution in [0.25, 0.3) is 5.57 Å². The zero-order valence-corrected chi connectivity index (χ0v) is 36.8. The third-order valence-corrected chi connectivity index (χ3v) is 9.83. The minimum absolute atomic E-state index is 0.421. The van der Waals surface area contributed by atoms with E-state index in [-0.39, 0.29) is 0 Å². The summed E-state index contributed by atoms with van der Waals surface area (Å²) >= 11 is 5.67. The van der Waals surface area contributed by atoms with Gasteiger partial charge in [0.2, 0.25) is 0 Å². The van der Waals surface area contributed by atoms with Crippen LogP contribution in [0.15, 0.2) is 138 Å². The first kappa shape index (κ1) is 49.4. The van der Waals surface area contributed by atoms with Gasteiger partial charge in [0.05, 0.1) is 0 Å². The first-order valence-electron chi connectivity index (χ1n) is 19.2. The molecule has 1 aliphatic carbocycles. The van der Waals surface area contributed by atoms with Crippen LogP contribution in [-0.2, 0) is 25.9 Å². The Morgan fingerprint density at radius 1 is 0.796 bits per heavy atom. The van der Waals surface area contributed by atoms with Gasteiger partial charge in [-0.05, 0) is 141 Å². The normalized spacial score (nSPS) is 11.5. The standard InChI is InChI=1S/C33H40N2S.C8H10.C8H14.C2H6/c1-9-12-30-16-14-28(20-29(30)11-3)21-34-26(8)24(6)19-31(13-10-2)33(36)35-22-27-15-17-32(23(4)5)25(7)18-27;1-5-6(2)8(4)7(5)3;1-6(2)8(5)7(3)4;1-2/h2,14-20,34H,4,6,8-9,11-13,21-22H2,1,3,5,7H3,(H,35,36);1-2H2,3-4H3;1H2,2-5H3;1-2H3/b31-19+;;;. The number of thiocarbonyl (C=S) groups is 1. The smallest absolute Gasteiger partial charge is 0.103 e. The van der Waals surface area contributed by atoms with Crippen molar-refractivity contribution in [1.82, 2.24) is 10.6 Å². The molecule has 3 heteroatoms. The highest BCUT2D eigenvalue weighted by Crippen LogP contribution is 2.35. The molecule has 0 aromatic heterocycles. The molecule has 0 heterocycles. The molecule has 0 aliphatic heterocycles. The molecule has 2 aromatic carbocycles. The number of hydrogen-bond acceptors (Lipinski definition) is 2. The van der Waals surface area contributed by atoms with E-state index in [1.807, 2.05) is 33.8 Å². The third-order valence-electron chi connectivity index (χ3n) is 9.42. The Labute approximate surface area is 337 Å². The van der Waals surface area contributed by atoms with Gasteiger partial charge in [-0.3, -0.25) is 0 Å². The quantitative estimate of drug-likeness (QED) is 0.0872. The van der Waals surface area contributed by atoms with Crippen molar-refractivity contribution in [2.24, 2.45) is 0 Å². The number of rotatable bonds is 14. The molecule has 2 aromatic rings. The lowest BCUT2D eigenvalue weighted by Gasteiger charge is -2.23. The molecule has 2 nitrogen and oxygen atoms in total. The van der Waals surface area contributed by atoms with Crippen LogP contribution in [0.4, 0.5) is 0 Å². The van der Waals surface area contributed by atoms with Gasteiger partial charge in [0.1, 0.15) is 4.99 Å². The fourth-order valence-corrected chi connectivity index (χ4v) is 5.64. The molecule has 0 amide bonds. The highest BCUT2D eigenvalue weighted by atomic mass is 32.1. The number of benzene rings is 2. The summed E-state index contributed by atoms with van der Waals surface area (Å²) in [7, 11) is 0. The van der Waals surface area contributed by atoms with Gasteiger partial charge in [-0.2, -0.15) is 0 Å². The minimum atomic E-state index is 0.421. The Kier molecular flexibility index (Phi) is 23.2. The van der Waals surface area contributed by atoms with E-state index in [0.29, 0.717) is 24.5 Å². The Morgan fingerprint density at radius 2 is 1.33 bits per heavy atom. The van der Waals surface area contributed by atoms with E-state index in [4.69, 9.17) is 18.6 Å². The summed E-state index contributed by atoms with van der Waals surface area (Å²) in [5.74, 6) is 2.71. The molecule has 0 radical (unpaired) electrons. The van der Waals surface area contributed by atoms with E-state index in [2.05, 4.69) is 148 Å². The average molecular weight is 743 g/mol. The average Bonchev–Trinajstić information content (AvgIpc) is 3.16. The van der Waals surface area contributed by atoms with Crippen molar-refractivity contribution in [3.05, 3.63) is 171 Å². The summed E-state index contributed by atoms with van der Waals surface area (Å²) in [6.45, 7) is 50.2. The van der Waals surface area contributed by atoms with Crippen LogP contribution >= 0.6 is 12.2 Å². The van der Waals surface area contributed by atoms with Crippen LogP contribution in [0.1, 0.15) is 122 Å². The van der Waals surface area contributed by atoms with Crippen molar-refractivity contribution in [1.29, 1.82) is 0 Å². The molecular weight excluding hydrogens is 673 g/mol. The highest BCUT2D eigenvalue weighted by molar-refractivity contribution is 7.80. The van der Waals surface area contributed by atoms with Gasteiger partial charge in [-0.1, -0.05) is 144 Å². The lowest BCUT2D eigenvalue weighted by molar-refractivity contribution is 0.822. The fourth-order valence-electron chi connectivity index (χ4n) is 5.44. The Morgan fingerprint density at radius 3 is 1.76 bits per heavy atom. The molecule has 0 saturated carbocycles. The van der Waals surface area contributed by atoms with Crippen LogP contribution in [0.2, 0.25) is 0 Å². The molecule has 0 spiro atoms. The van der Waals surface area contributed by atoms with E-state index in [0.717, 1.165) is 58.4 Å². The topological polar surface area (TPSA) is 24.1 Å². The lowest BCUT2D eigenvalue weighted by Crippen LogP contribution is -2.23. The Hall–Kier alpha value is -4.65. The largest absolute Gasteiger partial charge is 0.381 e. The number of aryl methyl sites for hydroxylation is 3. The molecule has 54 heavy (non-hydrogen) atoms. The SMILES string of the molecule is C#CC/C(=C\C(=C)C(=C)NCc1ccc(CCC)c(CC)c1)C(=S)NCc1ccc(C(=C)C)c(C)c1.C=C(C)C(C)=C(C)C.C=C1C(=C)C(C)=C1C.CC. The Balaban J connectivity index is 0.00000127. The van der Waals surface area contributed by atoms with Crippen molar-refractivity contribution in [3.8, 4) is 12.3 Å². The summed E-state index contributed by atoms with van der Waals surface area (Å²) in [6, 6.07) is 13.1. The van der Waals surface area contributed by atoms with Crippen molar-refractivity contribution >= 4 is 22.8 Å². The summed E-state index contributed by atoms with van der Waals surface area (Å²) < 4.78 is 0. The second kappa shape index (κ2) is 25.4. The maximum Gasteiger partial charge on any atom is 0.103 e. The van der Waals surface area contributed by atoms with Crippen molar-refractivity contribution in [2.75, 3.05) is 0 Å². The maximum absolute atomic E-state index is 5.67. The van der Waals surface area contributed by atoms with E-state index in [1.165, 1.54) is 55.7 Å². The van der Waals surface area contributed by atoms with Crippen molar-refractivity contribution < 1.29 is 0 Å². The highest BCUT2D eigenvalue weighted by Gasteiger charge is 2.17. The molecule has 3 rings (SSSR count). The number of allylic oxidation sites excluding steroid dienone is 9. The van der Waals surface area contributed by atoms with Gasteiger partial charge in [-0.25, -0.2) is 0 Å². The second-order valence-electron chi connectivity index (χ2n) is 13.8.